The molecule has 0 spiro atoms. The van der Waals surface area contributed by atoms with Crippen LogP contribution in [0.15, 0.2) is 42.6 Å². The zero-order chi connectivity index (χ0) is 21.3. The number of piperidine rings is 1. The number of anilines is 2. The molecule has 1 saturated heterocycles. The molecule has 1 atom stereocenters. The van der Waals surface area contributed by atoms with Crippen LogP contribution in [0.2, 0.25) is 0 Å². The summed E-state index contributed by atoms with van der Waals surface area (Å²) in [5.41, 5.74) is 1.40. The maximum absolute atomic E-state index is 12.4. The summed E-state index contributed by atoms with van der Waals surface area (Å²) < 4.78 is 0. The molecule has 1 aromatic heterocycles. The summed E-state index contributed by atoms with van der Waals surface area (Å²) in [5.74, 6) is 2.03. The number of carbonyl (C=O) groups excluding carboxylic acids is 1. The van der Waals surface area contributed by atoms with Gasteiger partial charge in [0.1, 0.15) is 18.4 Å². The summed E-state index contributed by atoms with van der Waals surface area (Å²) in [5, 5.41) is 14.6. The molecule has 30 heavy (non-hydrogen) atoms. The molecule has 7 nitrogen and oxygen atoms in total. The van der Waals surface area contributed by atoms with E-state index in [1.54, 1.807) is 12.3 Å². The van der Waals surface area contributed by atoms with Gasteiger partial charge in [0.05, 0.1) is 6.07 Å². The zero-order valence-electron chi connectivity index (χ0n) is 17.7. The van der Waals surface area contributed by atoms with E-state index in [4.69, 9.17) is 5.26 Å². The predicted molar refractivity (Wildman–Crippen MR) is 118 cm³/mol. The van der Waals surface area contributed by atoms with Crippen LogP contribution in [0, 0.1) is 17.2 Å². The van der Waals surface area contributed by atoms with E-state index in [0.717, 1.165) is 25.9 Å². The van der Waals surface area contributed by atoms with Gasteiger partial charge in [-0.3, -0.25) is 4.79 Å². The molecule has 1 fully saturated rings. The molecule has 0 saturated carbocycles. The number of amides is 1. The Bertz CT molecular complexity index is 855. The van der Waals surface area contributed by atoms with Crippen LogP contribution in [-0.4, -0.2) is 41.6 Å². The van der Waals surface area contributed by atoms with Crippen molar-refractivity contribution in [3.05, 3.63) is 48.2 Å². The standard InChI is InChI=1S/C23H30N6O/c1-17(2)16-20(22(30)25-13-11-24)27-21-8-12-26-23(28-21)29-14-9-19(10-15-29)18-6-4-3-5-7-18/h3-8,12,17,19-20H,9-10,13-16H2,1-2H3,(H,25,30)(H,26,27,28)/t20-/m0/s1. The lowest BCUT2D eigenvalue weighted by molar-refractivity contribution is -0.121. The number of benzene rings is 1. The molecular formula is C23H30N6O. The summed E-state index contributed by atoms with van der Waals surface area (Å²) in [4.78, 5) is 23.7. The molecule has 2 aromatic rings. The molecule has 1 aliphatic rings. The number of carbonyl (C=O) groups is 1. The van der Waals surface area contributed by atoms with Gasteiger partial charge in [0, 0.05) is 19.3 Å². The topological polar surface area (TPSA) is 93.9 Å². The average Bonchev–Trinajstić information content (AvgIpc) is 2.77. The Morgan fingerprint density at radius 2 is 1.97 bits per heavy atom. The molecule has 2 N–H and O–H groups in total. The normalized spacial score (nSPS) is 15.5. The molecule has 7 heteroatoms. The first-order valence-electron chi connectivity index (χ1n) is 10.6. The van der Waals surface area contributed by atoms with Crippen LogP contribution < -0.4 is 15.5 Å². The second-order valence-corrected chi connectivity index (χ2v) is 8.12. The predicted octanol–water partition coefficient (Wildman–Crippen LogP) is 3.33. The van der Waals surface area contributed by atoms with Gasteiger partial charge in [0.15, 0.2) is 0 Å². The Balaban J connectivity index is 1.63. The Morgan fingerprint density at radius 3 is 2.63 bits per heavy atom. The third kappa shape index (κ3) is 5.93. The Labute approximate surface area is 178 Å². The summed E-state index contributed by atoms with van der Waals surface area (Å²) >= 11 is 0. The van der Waals surface area contributed by atoms with Gasteiger partial charge in [-0.25, -0.2) is 4.98 Å². The van der Waals surface area contributed by atoms with E-state index in [1.165, 1.54) is 5.56 Å². The van der Waals surface area contributed by atoms with Crippen molar-refractivity contribution < 1.29 is 4.79 Å². The van der Waals surface area contributed by atoms with Crippen LogP contribution in [0.5, 0.6) is 0 Å². The van der Waals surface area contributed by atoms with E-state index in [2.05, 4.69) is 69.7 Å². The SMILES string of the molecule is CC(C)C[C@H](Nc1ccnc(N2CCC(c3ccccc3)CC2)n1)C(=O)NCC#N. The van der Waals surface area contributed by atoms with Gasteiger partial charge in [-0.1, -0.05) is 44.2 Å². The number of rotatable bonds is 8. The second-order valence-electron chi connectivity index (χ2n) is 8.12. The highest BCUT2D eigenvalue weighted by atomic mass is 16.2. The summed E-state index contributed by atoms with van der Waals surface area (Å²) in [6.45, 7) is 5.94. The number of hydrogen-bond acceptors (Lipinski definition) is 6. The number of nitrogens with zero attached hydrogens (tertiary/aromatic N) is 4. The van der Waals surface area contributed by atoms with Gasteiger partial charge in [-0.2, -0.15) is 10.2 Å². The molecule has 0 aliphatic carbocycles. The summed E-state index contributed by atoms with van der Waals surface area (Å²) in [6.07, 6.45) is 4.52. The molecule has 1 amide bonds. The maximum atomic E-state index is 12.4. The molecule has 158 valence electrons. The first kappa shape index (κ1) is 21.6. The van der Waals surface area contributed by atoms with Crippen LogP contribution in [-0.2, 0) is 4.79 Å². The van der Waals surface area contributed by atoms with Crippen LogP contribution in [0.1, 0.15) is 44.6 Å². The van der Waals surface area contributed by atoms with Crippen LogP contribution in [0.3, 0.4) is 0 Å². The molecule has 0 unspecified atom stereocenters. The molecule has 3 rings (SSSR count). The number of aromatic nitrogens is 2. The minimum atomic E-state index is -0.440. The van der Waals surface area contributed by atoms with Crippen molar-refractivity contribution in [3.8, 4) is 6.07 Å². The lowest BCUT2D eigenvalue weighted by atomic mass is 9.90. The lowest BCUT2D eigenvalue weighted by Crippen LogP contribution is -2.41. The highest BCUT2D eigenvalue weighted by Gasteiger charge is 2.23. The first-order chi connectivity index (χ1) is 14.6. The van der Waals surface area contributed by atoms with Crippen LogP contribution >= 0.6 is 0 Å². The quantitative estimate of drug-likeness (QED) is 0.653. The monoisotopic (exact) mass is 406 g/mol. The van der Waals surface area contributed by atoms with Crippen molar-refractivity contribution in [3.63, 3.8) is 0 Å². The highest BCUT2D eigenvalue weighted by molar-refractivity contribution is 5.84. The zero-order valence-corrected chi connectivity index (χ0v) is 17.7. The van der Waals surface area contributed by atoms with E-state index in [0.29, 0.717) is 30.0 Å². The van der Waals surface area contributed by atoms with E-state index >= 15 is 0 Å². The molecule has 2 heterocycles. The fraction of sp³-hybridized carbons (Fsp3) is 0.478. The maximum Gasteiger partial charge on any atom is 0.243 e. The van der Waals surface area contributed by atoms with Crippen molar-refractivity contribution in [2.75, 3.05) is 29.9 Å². The second kappa shape index (κ2) is 10.6. The lowest BCUT2D eigenvalue weighted by Gasteiger charge is -2.32. The minimum absolute atomic E-state index is 0.000487. The van der Waals surface area contributed by atoms with Gasteiger partial charge < -0.3 is 15.5 Å². The summed E-state index contributed by atoms with van der Waals surface area (Å²) in [7, 11) is 0. The molecule has 1 aliphatic heterocycles. The van der Waals surface area contributed by atoms with Crippen molar-refractivity contribution in [1.82, 2.24) is 15.3 Å². The fourth-order valence-corrected chi connectivity index (χ4v) is 3.85. The van der Waals surface area contributed by atoms with Gasteiger partial charge in [0.25, 0.3) is 0 Å². The van der Waals surface area contributed by atoms with Gasteiger partial charge in [-0.05, 0) is 42.7 Å². The number of hydrogen-bond donors (Lipinski definition) is 2. The highest BCUT2D eigenvalue weighted by Crippen LogP contribution is 2.29. The Kier molecular flexibility index (Phi) is 7.61. The first-order valence-corrected chi connectivity index (χ1v) is 10.6. The van der Waals surface area contributed by atoms with E-state index in [1.807, 2.05) is 6.07 Å². The third-order valence-electron chi connectivity index (χ3n) is 5.38. The largest absolute Gasteiger partial charge is 0.358 e. The number of nitrogens with one attached hydrogen (secondary N) is 2. The van der Waals surface area contributed by atoms with Crippen LogP contribution in [0.25, 0.3) is 0 Å². The smallest absolute Gasteiger partial charge is 0.243 e. The third-order valence-corrected chi connectivity index (χ3v) is 5.38. The van der Waals surface area contributed by atoms with Gasteiger partial charge in [0.2, 0.25) is 11.9 Å². The Morgan fingerprint density at radius 1 is 1.23 bits per heavy atom. The molecule has 0 radical (unpaired) electrons. The molecule has 0 bridgehead atoms. The van der Waals surface area contributed by atoms with Crippen molar-refractivity contribution >= 4 is 17.7 Å². The van der Waals surface area contributed by atoms with E-state index in [-0.39, 0.29) is 12.5 Å². The van der Waals surface area contributed by atoms with E-state index in [9.17, 15) is 4.79 Å². The molecule has 1 aromatic carbocycles. The van der Waals surface area contributed by atoms with Crippen molar-refractivity contribution in [2.24, 2.45) is 5.92 Å². The van der Waals surface area contributed by atoms with Gasteiger partial charge >= 0.3 is 0 Å². The number of nitriles is 1. The minimum Gasteiger partial charge on any atom is -0.358 e. The van der Waals surface area contributed by atoms with Gasteiger partial charge in [-0.15, -0.1) is 0 Å². The van der Waals surface area contributed by atoms with Crippen molar-refractivity contribution in [2.45, 2.75) is 45.1 Å². The Hall–Kier alpha value is -3.14. The molecular weight excluding hydrogens is 376 g/mol. The average molecular weight is 407 g/mol. The van der Waals surface area contributed by atoms with Crippen molar-refractivity contribution in [1.29, 1.82) is 5.26 Å². The fourth-order valence-electron chi connectivity index (χ4n) is 3.85. The summed E-state index contributed by atoms with van der Waals surface area (Å²) in [6, 6.07) is 13.9. The van der Waals surface area contributed by atoms with E-state index < -0.39 is 6.04 Å². The van der Waals surface area contributed by atoms with Crippen LogP contribution in [0.4, 0.5) is 11.8 Å².